The van der Waals surface area contributed by atoms with Crippen molar-refractivity contribution in [1.82, 2.24) is 10.1 Å². The van der Waals surface area contributed by atoms with Crippen LogP contribution in [-0.2, 0) is 6.42 Å². The second-order valence-corrected chi connectivity index (χ2v) is 4.68. The predicted octanol–water partition coefficient (Wildman–Crippen LogP) is 3.57. The lowest BCUT2D eigenvalue weighted by molar-refractivity contribution is 0.380. The van der Waals surface area contributed by atoms with Crippen LogP contribution in [0.1, 0.15) is 43.6 Å². The standard InChI is InChI=1S/C14H16N2O/c1-2-3-10-4-6-11(7-5-10)13-15-14(17-16-13)12-8-9-12/h4-7,12H,2-3,8-9H2,1H3. The van der Waals surface area contributed by atoms with Gasteiger partial charge in [-0.2, -0.15) is 4.98 Å². The van der Waals surface area contributed by atoms with Gasteiger partial charge in [-0.15, -0.1) is 0 Å². The number of hydrogen-bond donors (Lipinski definition) is 0. The Balaban J connectivity index is 1.81. The molecule has 1 heterocycles. The van der Waals surface area contributed by atoms with Crippen molar-refractivity contribution in [1.29, 1.82) is 0 Å². The van der Waals surface area contributed by atoms with Gasteiger partial charge in [0.05, 0.1) is 0 Å². The molecule has 0 spiro atoms. The lowest BCUT2D eigenvalue weighted by atomic mass is 10.1. The largest absolute Gasteiger partial charge is 0.339 e. The van der Waals surface area contributed by atoms with Crippen molar-refractivity contribution in [2.45, 2.75) is 38.5 Å². The van der Waals surface area contributed by atoms with E-state index in [0.717, 1.165) is 23.7 Å². The average molecular weight is 228 g/mol. The summed E-state index contributed by atoms with van der Waals surface area (Å²) in [6, 6.07) is 8.44. The smallest absolute Gasteiger partial charge is 0.230 e. The fourth-order valence-electron chi connectivity index (χ4n) is 1.96. The summed E-state index contributed by atoms with van der Waals surface area (Å²) in [6.45, 7) is 2.19. The number of hydrogen-bond acceptors (Lipinski definition) is 3. The molecule has 0 radical (unpaired) electrons. The van der Waals surface area contributed by atoms with Crippen LogP contribution >= 0.6 is 0 Å². The molecule has 1 saturated carbocycles. The van der Waals surface area contributed by atoms with Crippen LogP contribution in [-0.4, -0.2) is 10.1 Å². The summed E-state index contributed by atoms with van der Waals surface area (Å²) in [4.78, 5) is 4.44. The van der Waals surface area contributed by atoms with E-state index in [0.29, 0.717) is 5.92 Å². The van der Waals surface area contributed by atoms with Crippen LogP contribution in [0.4, 0.5) is 0 Å². The number of benzene rings is 1. The first-order valence-corrected chi connectivity index (χ1v) is 6.29. The Kier molecular flexibility index (Phi) is 2.67. The van der Waals surface area contributed by atoms with Gasteiger partial charge in [0.25, 0.3) is 0 Å². The van der Waals surface area contributed by atoms with E-state index in [-0.39, 0.29) is 0 Å². The number of aromatic nitrogens is 2. The third-order valence-corrected chi connectivity index (χ3v) is 3.12. The van der Waals surface area contributed by atoms with Gasteiger partial charge < -0.3 is 4.52 Å². The van der Waals surface area contributed by atoms with Gasteiger partial charge in [0.2, 0.25) is 11.7 Å². The second kappa shape index (κ2) is 4.32. The summed E-state index contributed by atoms with van der Waals surface area (Å²) in [5.74, 6) is 2.04. The minimum Gasteiger partial charge on any atom is -0.339 e. The van der Waals surface area contributed by atoms with Crippen LogP contribution in [0.5, 0.6) is 0 Å². The number of aryl methyl sites for hydroxylation is 1. The van der Waals surface area contributed by atoms with Gasteiger partial charge in [0.1, 0.15) is 0 Å². The van der Waals surface area contributed by atoms with Crippen LogP contribution in [0.15, 0.2) is 28.8 Å². The van der Waals surface area contributed by atoms with E-state index >= 15 is 0 Å². The Morgan fingerprint density at radius 3 is 2.65 bits per heavy atom. The molecular weight excluding hydrogens is 212 g/mol. The monoisotopic (exact) mass is 228 g/mol. The SMILES string of the molecule is CCCc1ccc(-c2noc(C3CC3)n2)cc1. The zero-order valence-corrected chi connectivity index (χ0v) is 10.0. The molecule has 3 heteroatoms. The summed E-state index contributed by atoms with van der Waals surface area (Å²) in [6.07, 6.45) is 4.68. The van der Waals surface area contributed by atoms with Crippen molar-refractivity contribution in [2.75, 3.05) is 0 Å². The van der Waals surface area contributed by atoms with Gasteiger partial charge in [-0.3, -0.25) is 0 Å². The molecule has 1 aliphatic rings. The molecule has 1 aromatic carbocycles. The maximum absolute atomic E-state index is 5.26. The molecule has 2 aromatic rings. The molecule has 0 N–H and O–H groups in total. The highest BCUT2D eigenvalue weighted by atomic mass is 16.5. The minimum atomic E-state index is 0.524. The second-order valence-electron chi connectivity index (χ2n) is 4.68. The maximum atomic E-state index is 5.26. The van der Waals surface area contributed by atoms with E-state index in [4.69, 9.17) is 4.52 Å². The highest BCUT2D eigenvalue weighted by Crippen LogP contribution is 2.39. The number of nitrogens with zero attached hydrogens (tertiary/aromatic N) is 2. The van der Waals surface area contributed by atoms with Gasteiger partial charge >= 0.3 is 0 Å². The lowest BCUT2D eigenvalue weighted by Crippen LogP contribution is -1.85. The summed E-state index contributed by atoms with van der Waals surface area (Å²) in [5.41, 5.74) is 2.41. The van der Waals surface area contributed by atoms with Gasteiger partial charge in [0.15, 0.2) is 0 Å². The normalized spacial score (nSPS) is 15.1. The fraction of sp³-hybridized carbons (Fsp3) is 0.429. The molecule has 0 saturated heterocycles. The summed E-state index contributed by atoms with van der Waals surface area (Å²) >= 11 is 0. The molecule has 3 rings (SSSR count). The highest BCUT2D eigenvalue weighted by molar-refractivity contribution is 5.54. The molecular formula is C14H16N2O. The Morgan fingerprint density at radius 1 is 1.24 bits per heavy atom. The molecule has 0 unspecified atom stereocenters. The lowest BCUT2D eigenvalue weighted by Gasteiger charge is -1.99. The first kappa shape index (κ1) is 10.5. The molecule has 0 atom stereocenters. The molecule has 17 heavy (non-hydrogen) atoms. The van der Waals surface area contributed by atoms with E-state index in [9.17, 15) is 0 Å². The quantitative estimate of drug-likeness (QED) is 0.803. The van der Waals surface area contributed by atoms with Gasteiger partial charge in [-0.05, 0) is 24.8 Å². The van der Waals surface area contributed by atoms with E-state index in [2.05, 4.69) is 41.3 Å². The summed E-state index contributed by atoms with van der Waals surface area (Å²) in [7, 11) is 0. The Labute approximate surface area is 101 Å². The molecule has 88 valence electrons. The van der Waals surface area contributed by atoms with Crippen molar-refractivity contribution in [3.05, 3.63) is 35.7 Å². The first-order chi connectivity index (χ1) is 8.36. The molecule has 0 bridgehead atoms. The van der Waals surface area contributed by atoms with Crippen molar-refractivity contribution < 1.29 is 4.52 Å². The Bertz CT molecular complexity index is 497. The van der Waals surface area contributed by atoms with E-state index < -0.39 is 0 Å². The van der Waals surface area contributed by atoms with Gasteiger partial charge in [-0.25, -0.2) is 0 Å². The zero-order chi connectivity index (χ0) is 11.7. The third kappa shape index (κ3) is 2.23. The summed E-state index contributed by atoms with van der Waals surface area (Å²) in [5, 5.41) is 4.04. The van der Waals surface area contributed by atoms with Crippen molar-refractivity contribution in [3.63, 3.8) is 0 Å². The minimum absolute atomic E-state index is 0.524. The van der Waals surface area contributed by atoms with E-state index in [1.807, 2.05) is 0 Å². The number of rotatable bonds is 4. The zero-order valence-electron chi connectivity index (χ0n) is 10.0. The Morgan fingerprint density at radius 2 is 2.00 bits per heavy atom. The van der Waals surface area contributed by atoms with Gasteiger partial charge in [0, 0.05) is 11.5 Å². The van der Waals surface area contributed by atoms with Crippen LogP contribution in [0.3, 0.4) is 0 Å². The Hall–Kier alpha value is -1.64. The van der Waals surface area contributed by atoms with Crippen LogP contribution in [0.25, 0.3) is 11.4 Å². The molecule has 1 fully saturated rings. The first-order valence-electron chi connectivity index (χ1n) is 6.29. The van der Waals surface area contributed by atoms with Crippen LogP contribution in [0.2, 0.25) is 0 Å². The third-order valence-electron chi connectivity index (χ3n) is 3.12. The highest BCUT2D eigenvalue weighted by Gasteiger charge is 2.29. The average Bonchev–Trinajstić information content (AvgIpc) is 3.09. The van der Waals surface area contributed by atoms with Crippen molar-refractivity contribution >= 4 is 0 Å². The molecule has 1 aromatic heterocycles. The van der Waals surface area contributed by atoms with Crippen LogP contribution < -0.4 is 0 Å². The fourth-order valence-corrected chi connectivity index (χ4v) is 1.96. The molecule has 0 aliphatic heterocycles. The van der Waals surface area contributed by atoms with E-state index in [1.165, 1.54) is 24.8 Å². The molecule has 3 nitrogen and oxygen atoms in total. The van der Waals surface area contributed by atoms with Crippen molar-refractivity contribution in [2.24, 2.45) is 0 Å². The van der Waals surface area contributed by atoms with Gasteiger partial charge in [-0.1, -0.05) is 42.8 Å². The maximum Gasteiger partial charge on any atom is 0.230 e. The van der Waals surface area contributed by atoms with Crippen LogP contribution in [0, 0.1) is 0 Å². The summed E-state index contributed by atoms with van der Waals surface area (Å²) < 4.78 is 5.26. The van der Waals surface area contributed by atoms with Crippen molar-refractivity contribution in [3.8, 4) is 11.4 Å². The topological polar surface area (TPSA) is 38.9 Å². The van der Waals surface area contributed by atoms with E-state index in [1.54, 1.807) is 0 Å². The molecule has 0 amide bonds. The molecule has 1 aliphatic carbocycles. The predicted molar refractivity (Wildman–Crippen MR) is 65.7 cm³/mol.